The van der Waals surface area contributed by atoms with Gasteiger partial charge in [-0.15, -0.1) is 11.3 Å². The Balaban J connectivity index is 2.11. The number of anilines is 2. The molecule has 1 aromatic carbocycles. The molecular weight excluding hydrogens is 230 g/mol. The zero-order valence-electron chi connectivity index (χ0n) is 10.3. The van der Waals surface area contributed by atoms with Crippen molar-refractivity contribution in [3.8, 4) is 0 Å². The van der Waals surface area contributed by atoms with Gasteiger partial charge in [0.2, 0.25) is 0 Å². The van der Waals surface area contributed by atoms with Crippen molar-refractivity contribution in [2.24, 2.45) is 0 Å². The van der Waals surface area contributed by atoms with Gasteiger partial charge in [-0.3, -0.25) is 0 Å². The number of rotatable bonds is 4. The Hall–Kier alpha value is -1.55. The van der Waals surface area contributed by atoms with Gasteiger partial charge in [-0.05, 0) is 25.1 Å². The maximum atomic E-state index is 4.32. The molecule has 0 aliphatic rings. The first-order valence-corrected chi connectivity index (χ1v) is 6.53. The molecular formula is C13H17N3S. The summed E-state index contributed by atoms with van der Waals surface area (Å²) >= 11 is 1.63. The van der Waals surface area contributed by atoms with Gasteiger partial charge in [0.1, 0.15) is 0 Å². The summed E-state index contributed by atoms with van der Waals surface area (Å²) in [6.07, 6.45) is 0. The summed E-state index contributed by atoms with van der Waals surface area (Å²) in [5, 5.41) is 5.53. The van der Waals surface area contributed by atoms with E-state index in [0.717, 1.165) is 11.4 Å². The van der Waals surface area contributed by atoms with Crippen molar-refractivity contribution in [2.75, 3.05) is 24.3 Å². The first-order chi connectivity index (χ1) is 8.16. The van der Waals surface area contributed by atoms with Crippen LogP contribution in [-0.2, 0) is 0 Å². The molecule has 1 unspecified atom stereocenters. The van der Waals surface area contributed by atoms with E-state index in [0.29, 0.717) is 0 Å². The van der Waals surface area contributed by atoms with E-state index in [2.05, 4.69) is 51.8 Å². The highest BCUT2D eigenvalue weighted by Crippen LogP contribution is 2.22. The van der Waals surface area contributed by atoms with Crippen molar-refractivity contribution >= 4 is 22.7 Å². The molecule has 1 atom stereocenters. The Morgan fingerprint density at radius 3 is 2.82 bits per heavy atom. The van der Waals surface area contributed by atoms with Gasteiger partial charge in [-0.1, -0.05) is 6.07 Å². The fraction of sp³-hybridized carbons (Fsp3) is 0.308. The van der Waals surface area contributed by atoms with Gasteiger partial charge in [-0.25, -0.2) is 4.98 Å². The third-order valence-electron chi connectivity index (χ3n) is 2.64. The molecule has 0 saturated heterocycles. The average molecular weight is 247 g/mol. The summed E-state index contributed by atoms with van der Waals surface area (Å²) in [4.78, 5) is 6.41. The van der Waals surface area contributed by atoms with Crippen LogP contribution in [0.2, 0.25) is 0 Å². The van der Waals surface area contributed by atoms with E-state index in [-0.39, 0.29) is 6.04 Å². The van der Waals surface area contributed by atoms with Crippen LogP contribution in [0.1, 0.15) is 18.7 Å². The van der Waals surface area contributed by atoms with E-state index in [4.69, 9.17) is 0 Å². The Morgan fingerprint density at radius 2 is 2.18 bits per heavy atom. The molecule has 0 fully saturated rings. The largest absolute Gasteiger partial charge is 0.378 e. The number of benzene rings is 1. The molecule has 2 rings (SSSR count). The second-order valence-corrected chi connectivity index (χ2v) is 4.94. The lowest BCUT2D eigenvalue weighted by atomic mass is 10.2. The second kappa shape index (κ2) is 5.19. The summed E-state index contributed by atoms with van der Waals surface area (Å²) in [7, 11) is 4.09. The molecule has 0 radical (unpaired) electrons. The minimum Gasteiger partial charge on any atom is -0.378 e. The van der Waals surface area contributed by atoms with Crippen molar-refractivity contribution < 1.29 is 0 Å². The molecule has 0 bridgehead atoms. The number of hydrogen-bond donors (Lipinski definition) is 1. The SMILES string of the molecule is CC(Nc1cccc(N(C)C)c1)c1cscn1. The quantitative estimate of drug-likeness (QED) is 0.897. The van der Waals surface area contributed by atoms with Crippen LogP contribution in [-0.4, -0.2) is 19.1 Å². The van der Waals surface area contributed by atoms with Crippen LogP contribution in [0.25, 0.3) is 0 Å². The predicted molar refractivity (Wildman–Crippen MR) is 74.9 cm³/mol. The van der Waals surface area contributed by atoms with E-state index in [1.165, 1.54) is 5.69 Å². The summed E-state index contributed by atoms with van der Waals surface area (Å²) in [5.41, 5.74) is 5.27. The van der Waals surface area contributed by atoms with Crippen LogP contribution in [0.5, 0.6) is 0 Å². The summed E-state index contributed by atoms with van der Waals surface area (Å²) in [6, 6.07) is 8.61. The lowest BCUT2D eigenvalue weighted by molar-refractivity contribution is 0.850. The topological polar surface area (TPSA) is 28.2 Å². The highest BCUT2D eigenvalue weighted by molar-refractivity contribution is 7.07. The molecule has 1 N–H and O–H groups in total. The highest BCUT2D eigenvalue weighted by Gasteiger charge is 2.07. The van der Waals surface area contributed by atoms with Crippen molar-refractivity contribution in [1.82, 2.24) is 4.98 Å². The van der Waals surface area contributed by atoms with Gasteiger partial charge < -0.3 is 10.2 Å². The summed E-state index contributed by atoms with van der Waals surface area (Å²) in [5.74, 6) is 0. The molecule has 0 amide bonds. The first-order valence-electron chi connectivity index (χ1n) is 5.59. The molecule has 2 aromatic rings. The van der Waals surface area contributed by atoms with Crippen LogP contribution in [0.4, 0.5) is 11.4 Å². The molecule has 4 heteroatoms. The van der Waals surface area contributed by atoms with Gasteiger partial charge >= 0.3 is 0 Å². The van der Waals surface area contributed by atoms with E-state index in [1.807, 2.05) is 19.6 Å². The van der Waals surface area contributed by atoms with Crippen LogP contribution in [0.15, 0.2) is 35.2 Å². The monoisotopic (exact) mass is 247 g/mol. The Bertz CT molecular complexity index is 465. The number of aromatic nitrogens is 1. The Labute approximate surface area is 106 Å². The van der Waals surface area contributed by atoms with E-state index >= 15 is 0 Å². The van der Waals surface area contributed by atoms with Gasteiger partial charge in [-0.2, -0.15) is 0 Å². The van der Waals surface area contributed by atoms with Crippen LogP contribution >= 0.6 is 11.3 Å². The maximum Gasteiger partial charge on any atom is 0.0795 e. The van der Waals surface area contributed by atoms with Crippen LogP contribution in [0.3, 0.4) is 0 Å². The third-order valence-corrected chi connectivity index (χ3v) is 3.25. The molecule has 0 aliphatic carbocycles. The first kappa shape index (κ1) is 11.9. The minimum atomic E-state index is 0.235. The Kier molecular flexibility index (Phi) is 3.64. The fourth-order valence-electron chi connectivity index (χ4n) is 1.63. The maximum absolute atomic E-state index is 4.32. The minimum absolute atomic E-state index is 0.235. The van der Waals surface area contributed by atoms with E-state index < -0.39 is 0 Å². The lowest BCUT2D eigenvalue weighted by Crippen LogP contribution is -2.10. The number of hydrogen-bond acceptors (Lipinski definition) is 4. The smallest absolute Gasteiger partial charge is 0.0795 e. The van der Waals surface area contributed by atoms with Gasteiger partial charge in [0.25, 0.3) is 0 Å². The van der Waals surface area contributed by atoms with Crippen LogP contribution in [0, 0.1) is 0 Å². The number of nitrogens with one attached hydrogen (secondary N) is 1. The fourth-order valence-corrected chi connectivity index (χ4v) is 2.28. The summed E-state index contributed by atoms with van der Waals surface area (Å²) < 4.78 is 0. The molecule has 0 saturated carbocycles. The lowest BCUT2D eigenvalue weighted by Gasteiger charge is -2.17. The zero-order chi connectivity index (χ0) is 12.3. The van der Waals surface area contributed by atoms with Gasteiger partial charge in [0.15, 0.2) is 0 Å². The number of nitrogens with zero attached hydrogens (tertiary/aromatic N) is 2. The molecule has 0 spiro atoms. The molecule has 3 nitrogen and oxygen atoms in total. The average Bonchev–Trinajstić information content (AvgIpc) is 2.82. The van der Waals surface area contributed by atoms with Crippen molar-refractivity contribution in [2.45, 2.75) is 13.0 Å². The molecule has 1 heterocycles. The van der Waals surface area contributed by atoms with Crippen molar-refractivity contribution in [1.29, 1.82) is 0 Å². The Morgan fingerprint density at radius 1 is 1.35 bits per heavy atom. The molecule has 0 aliphatic heterocycles. The standard InChI is InChI=1S/C13H17N3S/c1-10(13-8-17-9-14-13)15-11-5-4-6-12(7-11)16(2)3/h4-10,15H,1-3H3. The predicted octanol–water partition coefficient (Wildman–Crippen LogP) is 3.38. The van der Waals surface area contributed by atoms with Crippen molar-refractivity contribution in [3.63, 3.8) is 0 Å². The van der Waals surface area contributed by atoms with E-state index in [1.54, 1.807) is 11.3 Å². The van der Waals surface area contributed by atoms with Crippen molar-refractivity contribution in [3.05, 3.63) is 40.8 Å². The van der Waals surface area contributed by atoms with Gasteiger partial charge in [0.05, 0.1) is 17.2 Å². The van der Waals surface area contributed by atoms with Gasteiger partial charge in [0, 0.05) is 30.9 Å². The third kappa shape index (κ3) is 2.97. The zero-order valence-corrected chi connectivity index (χ0v) is 11.2. The second-order valence-electron chi connectivity index (χ2n) is 4.22. The molecule has 17 heavy (non-hydrogen) atoms. The highest BCUT2D eigenvalue weighted by atomic mass is 32.1. The van der Waals surface area contributed by atoms with E-state index in [9.17, 15) is 0 Å². The number of thiazole rings is 1. The molecule has 1 aromatic heterocycles. The van der Waals surface area contributed by atoms with Crippen LogP contribution < -0.4 is 10.2 Å². The normalized spacial score (nSPS) is 12.2. The summed E-state index contributed by atoms with van der Waals surface area (Å²) in [6.45, 7) is 2.12. The molecule has 90 valence electrons.